The Morgan fingerprint density at radius 1 is 1.18 bits per heavy atom. The normalized spacial score (nSPS) is 15.5. The van der Waals surface area contributed by atoms with Crippen LogP contribution in [0.4, 0.5) is 3.89 Å². The van der Waals surface area contributed by atoms with E-state index in [1.54, 1.807) is 12.1 Å². The van der Waals surface area contributed by atoms with Crippen molar-refractivity contribution >= 4 is 10.2 Å². The minimum absolute atomic E-state index is 0.0351. The van der Waals surface area contributed by atoms with E-state index in [1.807, 2.05) is 0 Å². The third-order valence-corrected chi connectivity index (χ3v) is 4.25. The van der Waals surface area contributed by atoms with Crippen LogP contribution in [0.3, 0.4) is 0 Å². The summed E-state index contributed by atoms with van der Waals surface area (Å²) >= 11 is 0. The molecule has 0 fully saturated rings. The second-order valence-corrected chi connectivity index (χ2v) is 5.97. The molecular formula is C13H19FO2S. The van der Waals surface area contributed by atoms with E-state index in [2.05, 4.69) is 20.8 Å². The predicted molar refractivity (Wildman–Crippen MR) is 67.3 cm³/mol. The molecule has 0 aliphatic heterocycles. The SMILES string of the molecule is CCCC(C)(CC)c1ccc(S(=O)(=O)F)cc1. The number of halogens is 1. The third-order valence-electron chi connectivity index (χ3n) is 3.41. The van der Waals surface area contributed by atoms with Gasteiger partial charge in [-0.25, -0.2) is 0 Å². The van der Waals surface area contributed by atoms with Gasteiger partial charge in [0.15, 0.2) is 0 Å². The van der Waals surface area contributed by atoms with Crippen LogP contribution >= 0.6 is 0 Å². The summed E-state index contributed by atoms with van der Waals surface area (Å²) < 4.78 is 34.2. The fourth-order valence-corrected chi connectivity index (χ4v) is 2.56. The Morgan fingerprint density at radius 3 is 2.06 bits per heavy atom. The summed E-state index contributed by atoms with van der Waals surface area (Å²) in [4.78, 5) is -0.267. The van der Waals surface area contributed by atoms with Crippen molar-refractivity contribution < 1.29 is 12.3 Å². The monoisotopic (exact) mass is 258 g/mol. The van der Waals surface area contributed by atoms with Crippen molar-refractivity contribution in [1.82, 2.24) is 0 Å². The lowest BCUT2D eigenvalue weighted by Crippen LogP contribution is -2.20. The molecule has 0 radical (unpaired) electrons. The zero-order chi connectivity index (χ0) is 13.1. The van der Waals surface area contributed by atoms with Gasteiger partial charge in [-0.1, -0.05) is 39.3 Å². The van der Waals surface area contributed by atoms with Gasteiger partial charge in [-0.05, 0) is 36.0 Å². The Bertz CT molecular complexity index is 465. The van der Waals surface area contributed by atoms with Gasteiger partial charge in [0, 0.05) is 0 Å². The van der Waals surface area contributed by atoms with Crippen LogP contribution in [-0.2, 0) is 15.6 Å². The summed E-state index contributed by atoms with van der Waals surface area (Å²) in [6, 6.07) is 6.11. The predicted octanol–water partition coefficient (Wildman–Crippen LogP) is 3.81. The maximum absolute atomic E-state index is 12.8. The van der Waals surface area contributed by atoms with Crippen LogP contribution in [0.15, 0.2) is 29.2 Å². The summed E-state index contributed by atoms with van der Waals surface area (Å²) in [7, 11) is -4.58. The molecule has 1 atom stereocenters. The van der Waals surface area contributed by atoms with Crippen molar-refractivity contribution in [1.29, 1.82) is 0 Å². The maximum atomic E-state index is 12.8. The molecule has 0 saturated carbocycles. The van der Waals surface area contributed by atoms with E-state index in [0.29, 0.717) is 0 Å². The van der Waals surface area contributed by atoms with Crippen molar-refractivity contribution in [3.05, 3.63) is 29.8 Å². The highest BCUT2D eigenvalue weighted by Gasteiger charge is 2.24. The summed E-state index contributed by atoms with van der Waals surface area (Å²) in [5, 5.41) is 0. The average molecular weight is 258 g/mol. The molecule has 4 heteroatoms. The molecular weight excluding hydrogens is 239 g/mol. The molecule has 0 aliphatic carbocycles. The van der Waals surface area contributed by atoms with E-state index in [0.717, 1.165) is 24.8 Å². The molecule has 0 heterocycles. The van der Waals surface area contributed by atoms with E-state index >= 15 is 0 Å². The second-order valence-electron chi connectivity index (χ2n) is 4.63. The Morgan fingerprint density at radius 2 is 1.71 bits per heavy atom. The highest BCUT2D eigenvalue weighted by atomic mass is 32.3. The van der Waals surface area contributed by atoms with Crippen LogP contribution in [0.5, 0.6) is 0 Å². The molecule has 96 valence electrons. The molecule has 2 nitrogen and oxygen atoms in total. The molecule has 1 aromatic carbocycles. The Kier molecular flexibility index (Phi) is 4.31. The lowest BCUT2D eigenvalue weighted by Gasteiger charge is -2.28. The first-order chi connectivity index (χ1) is 7.83. The fraction of sp³-hybridized carbons (Fsp3) is 0.538. The van der Waals surface area contributed by atoms with E-state index in [-0.39, 0.29) is 10.3 Å². The zero-order valence-electron chi connectivity index (χ0n) is 10.5. The van der Waals surface area contributed by atoms with Gasteiger partial charge in [0.05, 0.1) is 4.90 Å². The number of benzene rings is 1. The van der Waals surface area contributed by atoms with Gasteiger partial charge in [-0.15, -0.1) is 3.89 Å². The lowest BCUT2D eigenvalue weighted by atomic mass is 9.77. The molecule has 0 aliphatic rings. The van der Waals surface area contributed by atoms with Crippen LogP contribution in [-0.4, -0.2) is 8.42 Å². The van der Waals surface area contributed by atoms with E-state index in [9.17, 15) is 12.3 Å². The lowest BCUT2D eigenvalue weighted by molar-refractivity contribution is 0.413. The summed E-state index contributed by atoms with van der Waals surface area (Å²) in [6.07, 6.45) is 3.07. The Balaban J connectivity index is 3.09. The molecule has 1 rings (SSSR count). The first-order valence-electron chi connectivity index (χ1n) is 5.88. The van der Waals surface area contributed by atoms with Crippen molar-refractivity contribution in [2.24, 2.45) is 0 Å². The summed E-state index contributed by atoms with van der Waals surface area (Å²) in [5.41, 5.74) is 1.10. The van der Waals surface area contributed by atoms with Crippen molar-refractivity contribution in [2.45, 2.75) is 50.3 Å². The van der Waals surface area contributed by atoms with E-state index < -0.39 is 10.2 Å². The molecule has 17 heavy (non-hydrogen) atoms. The van der Waals surface area contributed by atoms with Gasteiger partial charge in [-0.2, -0.15) is 8.42 Å². The van der Waals surface area contributed by atoms with Gasteiger partial charge in [0.2, 0.25) is 0 Å². The molecule has 0 saturated heterocycles. The average Bonchev–Trinajstić information content (AvgIpc) is 2.28. The van der Waals surface area contributed by atoms with Gasteiger partial charge in [-0.3, -0.25) is 0 Å². The van der Waals surface area contributed by atoms with Crippen LogP contribution in [0, 0.1) is 0 Å². The largest absolute Gasteiger partial charge is 0.332 e. The number of hydrogen-bond donors (Lipinski definition) is 0. The minimum atomic E-state index is -4.58. The molecule has 0 bridgehead atoms. The van der Waals surface area contributed by atoms with E-state index in [1.165, 1.54) is 12.1 Å². The first-order valence-corrected chi connectivity index (χ1v) is 7.27. The number of hydrogen-bond acceptors (Lipinski definition) is 2. The summed E-state index contributed by atoms with van der Waals surface area (Å²) in [5.74, 6) is 0. The molecule has 0 N–H and O–H groups in total. The van der Waals surface area contributed by atoms with Gasteiger partial charge in [0.1, 0.15) is 0 Å². The van der Waals surface area contributed by atoms with Gasteiger partial charge < -0.3 is 0 Å². The highest BCUT2D eigenvalue weighted by Crippen LogP contribution is 2.32. The molecule has 0 spiro atoms. The second kappa shape index (κ2) is 5.17. The quantitative estimate of drug-likeness (QED) is 0.752. The first kappa shape index (κ1) is 14.2. The van der Waals surface area contributed by atoms with Crippen molar-refractivity contribution in [3.8, 4) is 0 Å². The van der Waals surface area contributed by atoms with Crippen LogP contribution in [0.1, 0.15) is 45.6 Å². The highest BCUT2D eigenvalue weighted by molar-refractivity contribution is 7.86. The van der Waals surface area contributed by atoms with E-state index in [4.69, 9.17) is 0 Å². The summed E-state index contributed by atoms with van der Waals surface area (Å²) in [6.45, 7) is 6.37. The maximum Gasteiger partial charge on any atom is 0.332 e. The van der Waals surface area contributed by atoms with Gasteiger partial charge in [0.25, 0.3) is 0 Å². The third kappa shape index (κ3) is 3.28. The number of rotatable bonds is 5. The topological polar surface area (TPSA) is 34.1 Å². The Hall–Kier alpha value is -0.900. The minimum Gasteiger partial charge on any atom is -0.189 e. The smallest absolute Gasteiger partial charge is 0.189 e. The zero-order valence-corrected chi connectivity index (χ0v) is 11.3. The van der Waals surface area contributed by atoms with Crippen molar-refractivity contribution in [2.75, 3.05) is 0 Å². The van der Waals surface area contributed by atoms with Crippen molar-refractivity contribution in [3.63, 3.8) is 0 Å². The fourth-order valence-electron chi connectivity index (χ4n) is 2.10. The standard InChI is InChI=1S/C13H19FO2S/c1-4-10-13(3,5-2)11-6-8-12(9-7-11)17(14,15)16/h6-9H,4-5,10H2,1-3H3. The van der Waals surface area contributed by atoms with Crippen LogP contribution < -0.4 is 0 Å². The molecule has 1 aromatic rings. The van der Waals surface area contributed by atoms with Gasteiger partial charge >= 0.3 is 10.2 Å². The molecule has 0 aromatic heterocycles. The molecule has 1 unspecified atom stereocenters. The van der Waals surface area contributed by atoms with Crippen LogP contribution in [0.25, 0.3) is 0 Å². The molecule has 0 amide bonds. The van der Waals surface area contributed by atoms with Crippen LogP contribution in [0.2, 0.25) is 0 Å². The Labute approximate surface area is 103 Å².